The van der Waals surface area contributed by atoms with Crippen LogP contribution >= 0.6 is 31.9 Å². The Labute approximate surface area is 114 Å². The van der Waals surface area contributed by atoms with Crippen molar-refractivity contribution in [2.45, 2.75) is 19.4 Å². The highest BCUT2D eigenvalue weighted by Gasteiger charge is 2.17. The van der Waals surface area contributed by atoms with Crippen molar-refractivity contribution in [2.75, 3.05) is 13.7 Å². The minimum atomic E-state index is 0.0297. The molecule has 2 atom stereocenters. The van der Waals surface area contributed by atoms with Gasteiger partial charge in [0.25, 0.3) is 0 Å². The number of methoxy groups -OCH3 is 1. The quantitative estimate of drug-likeness (QED) is 0.874. The van der Waals surface area contributed by atoms with Crippen LogP contribution < -0.4 is 5.73 Å². The minimum Gasteiger partial charge on any atom is -0.385 e. The average Bonchev–Trinajstić information content (AvgIpc) is 2.28. The second-order valence-electron chi connectivity index (χ2n) is 3.95. The predicted molar refractivity (Wildman–Crippen MR) is 74.4 cm³/mol. The fourth-order valence-electron chi connectivity index (χ4n) is 1.56. The molecule has 0 saturated carbocycles. The summed E-state index contributed by atoms with van der Waals surface area (Å²) in [4.78, 5) is 0. The lowest BCUT2D eigenvalue weighted by Crippen LogP contribution is -2.20. The van der Waals surface area contributed by atoms with Crippen LogP contribution in [0.25, 0.3) is 0 Å². The zero-order valence-electron chi connectivity index (χ0n) is 9.54. The zero-order valence-corrected chi connectivity index (χ0v) is 12.7. The van der Waals surface area contributed by atoms with Crippen molar-refractivity contribution < 1.29 is 4.74 Å². The van der Waals surface area contributed by atoms with Crippen LogP contribution in [0.5, 0.6) is 0 Å². The molecule has 1 aromatic rings. The van der Waals surface area contributed by atoms with Gasteiger partial charge >= 0.3 is 0 Å². The van der Waals surface area contributed by atoms with Gasteiger partial charge in [-0.05, 0) is 36.1 Å². The van der Waals surface area contributed by atoms with Gasteiger partial charge in [0.1, 0.15) is 0 Å². The van der Waals surface area contributed by atoms with Crippen LogP contribution in [0.1, 0.15) is 24.9 Å². The van der Waals surface area contributed by atoms with Crippen molar-refractivity contribution >= 4 is 31.9 Å². The fraction of sp³-hybridized carbons (Fsp3) is 0.500. The molecule has 1 rings (SSSR count). The molecule has 0 saturated heterocycles. The van der Waals surface area contributed by atoms with Crippen LogP contribution in [0, 0.1) is 5.92 Å². The Bertz CT molecular complexity index is 344. The normalized spacial score (nSPS) is 14.8. The molecule has 0 amide bonds. The van der Waals surface area contributed by atoms with E-state index in [0.29, 0.717) is 5.92 Å². The molecule has 0 radical (unpaired) electrons. The van der Waals surface area contributed by atoms with Gasteiger partial charge in [-0.15, -0.1) is 0 Å². The molecular formula is C12H17Br2NO. The van der Waals surface area contributed by atoms with Gasteiger partial charge in [-0.25, -0.2) is 0 Å². The first-order chi connectivity index (χ1) is 7.56. The largest absolute Gasteiger partial charge is 0.385 e. The maximum atomic E-state index is 6.24. The number of rotatable bonds is 5. The van der Waals surface area contributed by atoms with Gasteiger partial charge in [-0.3, -0.25) is 0 Å². The van der Waals surface area contributed by atoms with E-state index in [1.165, 1.54) is 0 Å². The summed E-state index contributed by atoms with van der Waals surface area (Å²) < 4.78 is 7.19. The topological polar surface area (TPSA) is 35.2 Å². The summed E-state index contributed by atoms with van der Waals surface area (Å²) in [5.74, 6) is 0.394. The third-order valence-corrected chi connectivity index (χ3v) is 3.92. The van der Waals surface area contributed by atoms with E-state index < -0.39 is 0 Å². The van der Waals surface area contributed by atoms with E-state index in [1.54, 1.807) is 7.11 Å². The Morgan fingerprint density at radius 1 is 1.38 bits per heavy atom. The van der Waals surface area contributed by atoms with Crippen LogP contribution in [0.4, 0.5) is 0 Å². The van der Waals surface area contributed by atoms with Crippen LogP contribution in [0.2, 0.25) is 0 Å². The third-order valence-electron chi connectivity index (χ3n) is 2.71. The number of halogens is 2. The van der Waals surface area contributed by atoms with Gasteiger partial charge in [0.2, 0.25) is 0 Å². The molecule has 0 spiro atoms. The molecule has 2 nitrogen and oxygen atoms in total. The Hall–Kier alpha value is 0.1000. The van der Waals surface area contributed by atoms with Gasteiger partial charge in [0, 0.05) is 28.7 Å². The van der Waals surface area contributed by atoms with Gasteiger partial charge in [0.05, 0.1) is 0 Å². The summed E-state index contributed by atoms with van der Waals surface area (Å²) in [6.07, 6.45) is 0.969. The summed E-state index contributed by atoms with van der Waals surface area (Å²) in [5, 5.41) is 0. The van der Waals surface area contributed by atoms with E-state index in [2.05, 4.69) is 44.8 Å². The number of hydrogen-bond acceptors (Lipinski definition) is 2. The summed E-state index contributed by atoms with van der Waals surface area (Å²) in [7, 11) is 1.72. The van der Waals surface area contributed by atoms with Gasteiger partial charge in [-0.1, -0.05) is 38.8 Å². The van der Waals surface area contributed by atoms with Crippen molar-refractivity contribution in [1.29, 1.82) is 0 Å². The average molecular weight is 351 g/mol. The highest BCUT2D eigenvalue weighted by Crippen LogP contribution is 2.30. The van der Waals surface area contributed by atoms with E-state index in [1.807, 2.05) is 12.1 Å². The van der Waals surface area contributed by atoms with Crippen molar-refractivity contribution in [3.63, 3.8) is 0 Å². The van der Waals surface area contributed by atoms with Crippen molar-refractivity contribution in [3.05, 3.63) is 32.7 Å². The van der Waals surface area contributed by atoms with E-state index in [9.17, 15) is 0 Å². The van der Waals surface area contributed by atoms with E-state index in [-0.39, 0.29) is 6.04 Å². The number of nitrogens with two attached hydrogens (primary N) is 1. The molecule has 0 heterocycles. The zero-order chi connectivity index (χ0) is 12.1. The molecule has 0 bridgehead atoms. The molecule has 2 unspecified atom stereocenters. The lowest BCUT2D eigenvalue weighted by atomic mass is 9.93. The highest BCUT2D eigenvalue weighted by molar-refractivity contribution is 9.11. The monoisotopic (exact) mass is 349 g/mol. The molecule has 4 heteroatoms. The molecule has 0 fully saturated rings. The first-order valence-electron chi connectivity index (χ1n) is 5.25. The fourth-order valence-corrected chi connectivity index (χ4v) is 2.45. The Morgan fingerprint density at radius 2 is 2.06 bits per heavy atom. The van der Waals surface area contributed by atoms with E-state index in [4.69, 9.17) is 10.5 Å². The van der Waals surface area contributed by atoms with E-state index >= 15 is 0 Å². The number of ether oxygens (including phenoxy) is 1. The summed E-state index contributed by atoms with van der Waals surface area (Å²) in [5.41, 5.74) is 7.38. The first kappa shape index (κ1) is 14.2. The number of hydrogen-bond donors (Lipinski definition) is 1. The Morgan fingerprint density at radius 3 is 2.69 bits per heavy atom. The second-order valence-corrected chi connectivity index (χ2v) is 5.72. The van der Waals surface area contributed by atoms with Crippen LogP contribution in [0.3, 0.4) is 0 Å². The Balaban J connectivity index is 2.78. The van der Waals surface area contributed by atoms with Crippen molar-refractivity contribution in [3.8, 4) is 0 Å². The van der Waals surface area contributed by atoms with Gasteiger partial charge < -0.3 is 10.5 Å². The molecule has 0 aromatic heterocycles. The smallest absolute Gasteiger partial charge is 0.0465 e. The van der Waals surface area contributed by atoms with Crippen molar-refractivity contribution in [2.24, 2.45) is 11.7 Å². The van der Waals surface area contributed by atoms with Crippen LogP contribution in [-0.4, -0.2) is 13.7 Å². The molecule has 0 aliphatic rings. The van der Waals surface area contributed by atoms with Crippen LogP contribution in [0.15, 0.2) is 27.1 Å². The molecule has 16 heavy (non-hydrogen) atoms. The molecule has 90 valence electrons. The molecule has 2 N–H and O–H groups in total. The summed E-state index contributed by atoms with van der Waals surface area (Å²) >= 11 is 7.00. The predicted octanol–water partition coefficient (Wildman–Crippen LogP) is 3.88. The lowest BCUT2D eigenvalue weighted by Gasteiger charge is -2.21. The number of benzene rings is 1. The van der Waals surface area contributed by atoms with Gasteiger partial charge in [-0.2, -0.15) is 0 Å². The Kier molecular flexibility index (Phi) is 5.97. The molecule has 1 aromatic carbocycles. The molecular weight excluding hydrogens is 334 g/mol. The first-order valence-corrected chi connectivity index (χ1v) is 6.84. The van der Waals surface area contributed by atoms with Crippen LogP contribution in [-0.2, 0) is 4.74 Å². The SMILES string of the molecule is COCCC(C)C(N)c1cc(Br)ccc1Br. The highest BCUT2D eigenvalue weighted by atomic mass is 79.9. The van der Waals surface area contributed by atoms with Crippen molar-refractivity contribution in [1.82, 2.24) is 0 Å². The molecule has 0 aliphatic heterocycles. The standard InChI is InChI=1S/C12H17Br2NO/c1-8(5-6-16-2)12(15)10-7-9(13)3-4-11(10)14/h3-4,7-8,12H,5-6,15H2,1-2H3. The second kappa shape index (κ2) is 6.74. The van der Waals surface area contributed by atoms with E-state index in [0.717, 1.165) is 27.5 Å². The maximum absolute atomic E-state index is 6.24. The third kappa shape index (κ3) is 3.84. The molecule has 0 aliphatic carbocycles. The lowest BCUT2D eigenvalue weighted by molar-refractivity contribution is 0.174. The summed E-state index contributed by atoms with van der Waals surface area (Å²) in [6, 6.07) is 6.11. The summed E-state index contributed by atoms with van der Waals surface area (Å²) in [6.45, 7) is 2.90. The van der Waals surface area contributed by atoms with Gasteiger partial charge in [0.15, 0.2) is 0 Å². The maximum Gasteiger partial charge on any atom is 0.0465 e. The minimum absolute atomic E-state index is 0.0297.